The predicted octanol–water partition coefficient (Wildman–Crippen LogP) is 2.15. The van der Waals surface area contributed by atoms with Crippen LogP contribution in [0, 0.1) is 11.8 Å². The number of nitrogens with one attached hydrogen (secondary N) is 1. The lowest BCUT2D eigenvalue weighted by molar-refractivity contribution is -0.220. The third-order valence-electron chi connectivity index (χ3n) is 3.51. The standard InChI is InChI=1S/C13H27NO4.CH3NO2/c1-4-7-8-10(5-2)9-11(6-3)13(17,18)14-12(15)16;2-1(3)4/h10-11,14,17-18H,4-9H2,1-3H3,(H,15,16);2H2,(H,3,4). The number of hydrogen-bond acceptors (Lipinski definition) is 4. The van der Waals surface area contributed by atoms with E-state index in [2.05, 4.69) is 19.6 Å². The van der Waals surface area contributed by atoms with Crippen LogP contribution in [0.5, 0.6) is 0 Å². The Morgan fingerprint density at radius 1 is 1.14 bits per heavy atom. The number of aliphatic hydroxyl groups is 2. The molecule has 0 aromatic rings. The molecule has 2 amide bonds. The summed E-state index contributed by atoms with van der Waals surface area (Å²) in [5, 5.41) is 37.1. The summed E-state index contributed by atoms with van der Waals surface area (Å²) in [5.41, 5.74) is 4.03. The molecule has 0 aromatic heterocycles. The third kappa shape index (κ3) is 12.2. The van der Waals surface area contributed by atoms with Crippen LogP contribution in [0.2, 0.25) is 0 Å². The van der Waals surface area contributed by atoms with Crippen LogP contribution in [-0.4, -0.2) is 38.5 Å². The molecule has 0 rings (SSSR count). The molecule has 0 saturated heterocycles. The second-order valence-corrected chi connectivity index (χ2v) is 5.25. The number of primary amides is 1. The molecule has 0 spiro atoms. The number of nitrogens with two attached hydrogens (primary N) is 1. The highest BCUT2D eigenvalue weighted by atomic mass is 16.5. The van der Waals surface area contributed by atoms with Crippen LogP contribution in [0.3, 0.4) is 0 Å². The number of unbranched alkanes of at least 4 members (excludes halogenated alkanes) is 1. The number of carbonyl (C=O) groups is 2. The average molecular weight is 322 g/mol. The van der Waals surface area contributed by atoms with Gasteiger partial charge in [-0.05, 0) is 18.8 Å². The molecule has 0 aromatic carbocycles. The molecule has 0 heterocycles. The molecular weight excluding hydrogens is 292 g/mol. The minimum atomic E-state index is -2.33. The second kappa shape index (κ2) is 12.0. The van der Waals surface area contributed by atoms with E-state index in [0.717, 1.165) is 25.7 Å². The fraction of sp³-hybridized carbons (Fsp3) is 0.857. The van der Waals surface area contributed by atoms with Crippen molar-refractivity contribution in [1.29, 1.82) is 0 Å². The summed E-state index contributed by atoms with van der Waals surface area (Å²) in [4.78, 5) is 19.3. The molecular formula is C14H30N2O6. The first-order valence-electron chi connectivity index (χ1n) is 7.54. The van der Waals surface area contributed by atoms with Gasteiger partial charge in [0, 0.05) is 5.92 Å². The lowest BCUT2D eigenvalue weighted by Gasteiger charge is -2.32. The van der Waals surface area contributed by atoms with Crippen molar-refractivity contribution in [2.24, 2.45) is 17.6 Å². The molecule has 132 valence electrons. The van der Waals surface area contributed by atoms with Gasteiger partial charge in [0.05, 0.1) is 0 Å². The zero-order valence-electron chi connectivity index (χ0n) is 13.6. The first kappa shape index (κ1) is 22.7. The number of rotatable bonds is 9. The lowest BCUT2D eigenvalue weighted by atomic mass is 9.85. The van der Waals surface area contributed by atoms with Crippen molar-refractivity contribution in [2.75, 3.05) is 0 Å². The van der Waals surface area contributed by atoms with Crippen LogP contribution < -0.4 is 11.1 Å². The lowest BCUT2D eigenvalue weighted by Crippen LogP contribution is -2.53. The van der Waals surface area contributed by atoms with E-state index < -0.39 is 24.0 Å². The third-order valence-corrected chi connectivity index (χ3v) is 3.51. The minimum Gasteiger partial charge on any atom is -0.465 e. The molecule has 0 aliphatic carbocycles. The van der Waals surface area contributed by atoms with Crippen LogP contribution in [0.1, 0.15) is 59.3 Å². The summed E-state index contributed by atoms with van der Waals surface area (Å²) in [6, 6.07) is 0. The molecule has 22 heavy (non-hydrogen) atoms. The zero-order valence-corrected chi connectivity index (χ0v) is 13.6. The van der Waals surface area contributed by atoms with E-state index in [1.54, 1.807) is 5.32 Å². The summed E-state index contributed by atoms with van der Waals surface area (Å²) in [7, 11) is 0. The van der Waals surface area contributed by atoms with Gasteiger partial charge in [0.15, 0.2) is 0 Å². The van der Waals surface area contributed by atoms with Crippen LogP contribution >= 0.6 is 0 Å². The monoisotopic (exact) mass is 322 g/mol. The predicted molar refractivity (Wildman–Crippen MR) is 82.2 cm³/mol. The smallest absolute Gasteiger partial charge is 0.408 e. The van der Waals surface area contributed by atoms with Crippen molar-refractivity contribution in [1.82, 2.24) is 5.32 Å². The van der Waals surface area contributed by atoms with Crippen molar-refractivity contribution in [3.63, 3.8) is 0 Å². The number of amides is 2. The molecule has 2 atom stereocenters. The molecule has 0 radical (unpaired) electrons. The van der Waals surface area contributed by atoms with E-state index in [9.17, 15) is 15.0 Å². The summed E-state index contributed by atoms with van der Waals surface area (Å²) in [6.07, 6.45) is 2.65. The number of carboxylic acid groups (broad SMARTS) is 2. The molecule has 0 saturated carbocycles. The highest BCUT2D eigenvalue weighted by molar-refractivity contribution is 5.65. The van der Waals surface area contributed by atoms with Gasteiger partial charge in [-0.1, -0.05) is 46.5 Å². The molecule has 0 aliphatic heterocycles. The van der Waals surface area contributed by atoms with E-state index in [-0.39, 0.29) is 0 Å². The van der Waals surface area contributed by atoms with Crippen molar-refractivity contribution < 1.29 is 30.0 Å². The van der Waals surface area contributed by atoms with Gasteiger partial charge in [-0.2, -0.15) is 0 Å². The SMILES string of the molecule is CCCCC(CC)CC(CC)C(O)(O)NC(=O)O.NC(=O)O. The Morgan fingerprint density at radius 2 is 1.64 bits per heavy atom. The fourth-order valence-corrected chi connectivity index (χ4v) is 2.26. The van der Waals surface area contributed by atoms with Gasteiger partial charge in [-0.25, -0.2) is 9.59 Å². The second-order valence-electron chi connectivity index (χ2n) is 5.25. The summed E-state index contributed by atoms with van der Waals surface area (Å²) in [5.74, 6) is -2.40. The molecule has 8 heteroatoms. The maximum absolute atomic E-state index is 10.5. The Kier molecular flexibility index (Phi) is 12.5. The van der Waals surface area contributed by atoms with Crippen LogP contribution in [0.25, 0.3) is 0 Å². The minimum absolute atomic E-state index is 0.407. The quantitative estimate of drug-likeness (QED) is 0.357. The van der Waals surface area contributed by atoms with Gasteiger partial charge < -0.3 is 26.2 Å². The van der Waals surface area contributed by atoms with Gasteiger partial charge in [-0.15, -0.1) is 0 Å². The molecule has 0 aliphatic rings. The van der Waals surface area contributed by atoms with E-state index in [4.69, 9.17) is 15.0 Å². The Balaban J connectivity index is 0. The summed E-state index contributed by atoms with van der Waals surface area (Å²) < 4.78 is 0. The Hall–Kier alpha value is -1.54. The van der Waals surface area contributed by atoms with Crippen molar-refractivity contribution in [3.05, 3.63) is 0 Å². The Labute approximate surface area is 131 Å². The Morgan fingerprint density at radius 3 is 1.95 bits per heavy atom. The van der Waals surface area contributed by atoms with Crippen LogP contribution in [0.15, 0.2) is 0 Å². The molecule has 0 bridgehead atoms. The van der Waals surface area contributed by atoms with Gasteiger partial charge in [0.25, 0.3) is 5.91 Å². The first-order valence-corrected chi connectivity index (χ1v) is 7.54. The molecule has 2 unspecified atom stereocenters. The Bertz CT molecular complexity index is 318. The van der Waals surface area contributed by atoms with Gasteiger partial charge in [-0.3, -0.25) is 5.32 Å². The van der Waals surface area contributed by atoms with E-state index in [1.165, 1.54) is 0 Å². The molecule has 7 N–H and O–H groups in total. The fourth-order valence-electron chi connectivity index (χ4n) is 2.26. The van der Waals surface area contributed by atoms with E-state index in [1.807, 2.05) is 6.92 Å². The molecule has 0 fully saturated rings. The van der Waals surface area contributed by atoms with Gasteiger partial charge >= 0.3 is 12.2 Å². The van der Waals surface area contributed by atoms with E-state index >= 15 is 0 Å². The maximum Gasteiger partial charge on any atom is 0.408 e. The van der Waals surface area contributed by atoms with Crippen molar-refractivity contribution in [3.8, 4) is 0 Å². The topological polar surface area (TPSA) is 153 Å². The van der Waals surface area contributed by atoms with E-state index in [0.29, 0.717) is 18.8 Å². The van der Waals surface area contributed by atoms with Crippen molar-refractivity contribution >= 4 is 12.2 Å². The number of hydrogen-bond donors (Lipinski definition) is 6. The maximum atomic E-state index is 10.5. The summed E-state index contributed by atoms with van der Waals surface area (Å²) >= 11 is 0. The highest BCUT2D eigenvalue weighted by Gasteiger charge is 2.36. The summed E-state index contributed by atoms with van der Waals surface area (Å²) in [6.45, 7) is 6.04. The van der Waals surface area contributed by atoms with Gasteiger partial charge in [0.1, 0.15) is 0 Å². The highest BCUT2D eigenvalue weighted by Crippen LogP contribution is 2.28. The zero-order chi connectivity index (χ0) is 17.8. The van der Waals surface area contributed by atoms with Crippen LogP contribution in [-0.2, 0) is 0 Å². The average Bonchev–Trinajstić information content (AvgIpc) is 2.36. The molecule has 8 nitrogen and oxygen atoms in total. The van der Waals surface area contributed by atoms with Crippen molar-refractivity contribution in [2.45, 2.75) is 65.2 Å². The van der Waals surface area contributed by atoms with Gasteiger partial charge in [0.2, 0.25) is 0 Å². The normalized spacial score (nSPS) is 13.5. The van der Waals surface area contributed by atoms with Crippen LogP contribution in [0.4, 0.5) is 9.59 Å². The first-order chi connectivity index (χ1) is 10.1. The largest absolute Gasteiger partial charge is 0.465 e.